The fourth-order valence-electron chi connectivity index (χ4n) is 2.52. The van der Waals surface area contributed by atoms with Crippen LogP contribution in [0.3, 0.4) is 0 Å². The molecule has 1 aromatic rings. The van der Waals surface area contributed by atoms with E-state index in [-0.39, 0.29) is 6.42 Å². The normalized spacial score (nSPS) is 25.6. The molecule has 1 saturated carbocycles. The molecule has 1 aliphatic carbocycles. The molecule has 82 valence electrons. The number of carboxylic acids is 1. The molecular weight excluding hydrogens is 192 g/mol. The monoisotopic (exact) mass is 208 g/mol. The molecule has 0 spiro atoms. The Bertz CT molecular complexity index is 321. The molecule has 2 unspecified atom stereocenters. The third-order valence-corrected chi connectivity index (χ3v) is 3.26. The van der Waals surface area contributed by atoms with Crippen molar-refractivity contribution >= 4 is 5.97 Å². The van der Waals surface area contributed by atoms with Crippen molar-refractivity contribution < 1.29 is 9.90 Å². The van der Waals surface area contributed by atoms with E-state index < -0.39 is 5.97 Å². The predicted octanol–water partition coefficient (Wildman–Crippen LogP) is 2.09. The van der Waals surface area contributed by atoms with Gasteiger partial charge in [0.1, 0.15) is 0 Å². The molecule has 4 nitrogen and oxygen atoms in total. The van der Waals surface area contributed by atoms with Crippen LogP contribution in [0.5, 0.6) is 0 Å². The summed E-state index contributed by atoms with van der Waals surface area (Å²) in [6.45, 7) is 0. The molecule has 0 bridgehead atoms. The van der Waals surface area contributed by atoms with Crippen LogP contribution in [0, 0.1) is 5.92 Å². The maximum atomic E-state index is 10.5. The Morgan fingerprint density at radius 3 is 3.07 bits per heavy atom. The van der Waals surface area contributed by atoms with Crippen LogP contribution in [0.4, 0.5) is 0 Å². The van der Waals surface area contributed by atoms with Crippen molar-refractivity contribution in [2.24, 2.45) is 5.92 Å². The van der Waals surface area contributed by atoms with Crippen LogP contribution in [0.2, 0.25) is 0 Å². The average Bonchev–Trinajstić information content (AvgIpc) is 2.85. The Kier molecular flexibility index (Phi) is 3.04. The number of carboxylic acid groups (broad SMARTS) is 1. The van der Waals surface area contributed by atoms with Gasteiger partial charge in [0.15, 0.2) is 0 Å². The minimum Gasteiger partial charge on any atom is -0.481 e. The number of hydrogen-bond acceptors (Lipinski definition) is 2. The van der Waals surface area contributed by atoms with Crippen molar-refractivity contribution in [1.82, 2.24) is 9.55 Å². The molecule has 0 aliphatic heterocycles. The van der Waals surface area contributed by atoms with Gasteiger partial charge >= 0.3 is 5.97 Å². The second kappa shape index (κ2) is 4.47. The van der Waals surface area contributed by atoms with Crippen molar-refractivity contribution in [1.29, 1.82) is 0 Å². The van der Waals surface area contributed by atoms with Gasteiger partial charge in [-0.05, 0) is 25.2 Å². The quantitative estimate of drug-likeness (QED) is 0.824. The van der Waals surface area contributed by atoms with E-state index >= 15 is 0 Å². The Morgan fingerprint density at radius 2 is 2.40 bits per heavy atom. The lowest BCUT2D eigenvalue weighted by Gasteiger charge is -2.19. The molecule has 2 atom stereocenters. The summed E-state index contributed by atoms with van der Waals surface area (Å²) in [6, 6.07) is 0.465. The SMILES string of the molecule is O=C(O)CCC1CCCC1n1ccnc1. The second-order valence-corrected chi connectivity index (χ2v) is 4.20. The first-order chi connectivity index (χ1) is 7.27. The Hall–Kier alpha value is -1.32. The lowest BCUT2D eigenvalue weighted by molar-refractivity contribution is -0.137. The minimum absolute atomic E-state index is 0.288. The first-order valence-corrected chi connectivity index (χ1v) is 5.46. The number of carbonyl (C=O) groups is 1. The van der Waals surface area contributed by atoms with Crippen LogP contribution in [0.15, 0.2) is 18.7 Å². The van der Waals surface area contributed by atoms with Crippen LogP contribution in [-0.2, 0) is 4.79 Å². The summed E-state index contributed by atoms with van der Waals surface area (Å²) >= 11 is 0. The highest BCUT2D eigenvalue weighted by atomic mass is 16.4. The minimum atomic E-state index is -0.689. The molecule has 4 heteroatoms. The number of imidazole rings is 1. The lowest BCUT2D eigenvalue weighted by atomic mass is 9.97. The zero-order valence-electron chi connectivity index (χ0n) is 8.67. The highest BCUT2D eigenvalue weighted by Crippen LogP contribution is 2.38. The third kappa shape index (κ3) is 2.37. The number of aliphatic carboxylic acids is 1. The molecule has 2 rings (SSSR count). The zero-order valence-corrected chi connectivity index (χ0v) is 8.67. The van der Waals surface area contributed by atoms with Crippen LogP contribution in [-0.4, -0.2) is 20.6 Å². The number of aromatic nitrogens is 2. The van der Waals surface area contributed by atoms with Gasteiger partial charge in [-0.15, -0.1) is 0 Å². The smallest absolute Gasteiger partial charge is 0.303 e. The summed E-state index contributed by atoms with van der Waals surface area (Å²) in [5.74, 6) is -0.179. The predicted molar refractivity (Wildman–Crippen MR) is 55.5 cm³/mol. The maximum Gasteiger partial charge on any atom is 0.303 e. The standard InChI is InChI=1S/C11H16N2O2/c14-11(15)5-4-9-2-1-3-10(9)13-7-6-12-8-13/h6-10H,1-5H2,(H,14,15). The van der Waals surface area contributed by atoms with Gasteiger partial charge < -0.3 is 9.67 Å². The van der Waals surface area contributed by atoms with E-state index in [4.69, 9.17) is 5.11 Å². The van der Waals surface area contributed by atoms with E-state index in [1.807, 2.05) is 12.5 Å². The van der Waals surface area contributed by atoms with Gasteiger partial charge in [-0.1, -0.05) is 6.42 Å². The fraction of sp³-hybridized carbons (Fsp3) is 0.636. The van der Waals surface area contributed by atoms with E-state index in [0.29, 0.717) is 12.0 Å². The van der Waals surface area contributed by atoms with Crippen LogP contribution < -0.4 is 0 Å². The van der Waals surface area contributed by atoms with E-state index in [0.717, 1.165) is 19.3 Å². The number of hydrogen-bond donors (Lipinski definition) is 1. The topological polar surface area (TPSA) is 55.1 Å². The molecular formula is C11H16N2O2. The van der Waals surface area contributed by atoms with Crippen molar-refractivity contribution in [3.63, 3.8) is 0 Å². The molecule has 1 fully saturated rings. The number of rotatable bonds is 4. The van der Waals surface area contributed by atoms with Gasteiger partial charge in [-0.2, -0.15) is 0 Å². The Balaban J connectivity index is 1.96. The zero-order chi connectivity index (χ0) is 10.7. The summed E-state index contributed by atoms with van der Waals surface area (Å²) in [5.41, 5.74) is 0. The molecule has 1 heterocycles. The summed E-state index contributed by atoms with van der Waals surface area (Å²) in [4.78, 5) is 14.6. The van der Waals surface area contributed by atoms with Crippen LogP contribution in [0.25, 0.3) is 0 Å². The van der Waals surface area contributed by atoms with Crippen molar-refractivity contribution in [2.45, 2.75) is 38.1 Å². The molecule has 1 N–H and O–H groups in total. The molecule has 0 saturated heterocycles. The van der Waals surface area contributed by atoms with Gasteiger partial charge in [0, 0.05) is 24.9 Å². The summed E-state index contributed by atoms with van der Waals surface area (Å²) in [6.07, 6.45) is 10.2. The van der Waals surface area contributed by atoms with Gasteiger partial charge in [0.05, 0.1) is 6.33 Å². The van der Waals surface area contributed by atoms with Crippen LogP contribution in [0.1, 0.15) is 38.1 Å². The fourth-order valence-corrected chi connectivity index (χ4v) is 2.52. The molecule has 0 aromatic carbocycles. The Labute approximate surface area is 88.9 Å². The van der Waals surface area contributed by atoms with Gasteiger partial charge in [-0.25, -0.2) is 4.98 Å². The largest absolute Gasteiger partial charge is 0.481 e. The van der Waals surface area contributed by atoms with E-state index in [1.54, 1.807) is 6.20 Å². The first kappa shape index (κ1) is 10.2. The van der Waals surface area contributed by atoms with Crippen molar-refractivity contribution in [2.75, 3.05) is 0 Å². The van der Waals surface area contributed by atoms with Gasteiger partial charge in [-0.3, -0.25) is 4.79 Å². The summed E-state index contributed by atoms with van der Waals surface area (Å²) < 4.78 is 2.12. The van der Waals surface area contributed by atoms with Crippen LogP contribution >= 0.6 is 0 Å². The molecule has 0 amide bonds. The molecule has 1 aromatic heterocycles. The maximum absolute atomic E-state index is 10.5. The number of nitrogens with zero attached hydrogens (tertiary/aromatic N) is 2. The second-order valence-electron chi connectivity index (χ2n) is 4.20. The molecule has 15 heavy (non-hydrogen) atoms. The highest BCUT2D eigenvalue weighted by Gasteiger charge is 2.28. The van der Waals surface area contributed by atoms with Crippen molar-refractivity contribution in [3.05, 3.63) is 18.7 Å². The molecule has 1 aliphatic rings. The average molecular weight is 208 g/mol. The van der Waals surface area contributed by atoms with Crippen molar-refractivity contribution in [3.8, 4) is 0 Å². The van der Waals surface area contributed by atoms with Gasteiger partial charge in [0.2, 0.25) is 0 Å². The summed E-state index contributed by atoms with van der Waals surface area (Å²) in [5, 5.41) is 8.67. The lowest BCUT2D eigenvalue weighted by Crippen LogP contribution is -2.13. The van der Waals surface area contributed by atoms with Gasteiger partial charge in [0.25, 0.3) is 0 Å². The van der Waals surface area contributed by atoms with E-state index in [2.05, 4.69) is 9.55 Å². The highest BCUT2D eigenvalue weighted by molar-refractivity contribution is 5.66. The third-order valence-electron chi connectivity index (χ3n) is 3.26. The first-order valence-electron chi connectivity index (χ1n) is 5.46. The summed E-state index contributed by atoms with van der Waals surface area (Å²) in [7, 11) is 0. The molecule has 0 radical (unpaired) electrons. The Morgan fingerprint density at radius 1 is 1.53 bits per heavy atom. The van der Waals surface area contributed by atoms with E-state index in [9.17, 15) is 4.79 Å². The van der Waals surface area contributed by atoms with E-state index in [1.165, 1.54) is 6.42 Å².